The standard InChI is InChI=1S/C14H14BrN3O2/c1-18-6-2-3-12(18)8-14(20)17-16-9-10-7-11(15)4-5-13(10)19/h2-7,9,19H,8H2,1H3,(H,17,20)/b16-9-. The van der Waals surface area contributed by atoms with Crippen LogP contribution in [0.1, 0.15) is 11.3 Å². The van der Waals surface area contributed by atoms with Crippen molar-refractivity contribution in [2.75, 3.05) is 0 Å². The van der Waals surface area contributed by atoms with Gasteiger partial charge in [-0.05, 0) is 30.3 Å². The molecule has 1 heterocycles. The molecule has 0 unspecified atom stereocenters. The summed E-state index contributed by atoms with van der Waals surface area (Å²) >= 11 is 3.30. The molecule has 0 atom stereocenters. The maximum Gasteiger partial charge on any atom is 0.245 e. The van der Waals surface area contributed by atoms with Crippen LogP contribution in [0.15, 0.2) is 46.1 Å². The molecule has 0 aliphatic heterocycles. The van der Waals surface area contributed by atoms with Gasteiger partial charge in [-0.1, -0.05) is 15.9 Å². The van der Waals surface area contributed by atoms with Crippen LogP contribution in [0.4, 0.5) is 0 Å². The first-order valence-corrected chi connectivity index (χ1v) is 6.76. The van der Waals surface area contributed by atoms with Gasteiger partial charge in [-0.3, -0.25) is 4.79 Å². The number of hydrazone groups is 1. The van der Waals surface area contributed by atoms with Crippen molar-refractivity contribution in [1.29, 1.82) is 0 Å². The van der Waals surface area contributed by atoms with Crippen LogP contribution in [-0.4, -0.2) is 21.8 Å². The van der Waals surface area contributed by atoms with E-state index in [2.05, 4.69) is 26.5 Å². The minimum absolute atomic E-state index is 0.105. The fourth-order valence-electron chi connectivity index (χ4n) is 1.69. The molecule has 0 aliphatic carbocycles. The van der Waals surface area contributed by atoms with Crippen LogP contribution in [0, 0.1) is 0 Å². The van der Waals surface area contributed by atoms with Crippen molar-refractivity contribution in [2.24, 2.45) is 12.1 Å². The number of carbonyl (C=O) groups excluding carboxylic acids is 1. The Kier molecular flexibility index (Phi) is 4.57. The summed E-state index contributed by atoms with van der Waals surface area (Å²) in [5, 5.41) is 13.5. The zero-order valence-electron chi connectivity index (χ0n) is 10.9. The molecule has 5 nitrogen and oxygen atoms in total. The minimum Gasteiger partial charge on any atom is -0.507 e. The van der Waals surface area contributed by atoms with Crippen molar-refractivity contribution < 1.29 is 9.90 Å². The van der Waals surface area contributed by atoms with Crippen LogP contribution in [0.5, 0.6) is 5.75 Å². The predicted molar refractivity (Wildman–Crippen MR) is 80.7 cm³/mol. The molecular formula is C14H14BrN3O2. The van der Waals surface area contributed by atoms with E-state index in [-0.39, 0.29) is 18.1 Å². The number of phenolic OH excluding ortho intramolecular Hbond substituents is 1. The number of carbonyl (C=O) groups is 1. The van der Waals surface area contributed by atoms with E-state index >= 15 is 0 Å². The first kappa shape index (κ1) is 14.3. The smallest absolute Gasteiger partial charge is 0.245 e. The van der Waals surface area contributed by atoms with E-state index in [0.29, 0.717) is 5.56 Å². The van der Waals surface area contributed by atoms with E-state index in [1.807, 2.05) is 29.9 Å². The second-order valence-corrected chi connectivity index (χ2v) is 5.20. The Labute approximate surface area is 125 Å². The number of hydrogen-bond acceptors (Lipinski definition) is 3. The summed E-state index contributed by atoms with van der Waals surface area (Å²) in [4.78, 5) is 11.7. The summed E-state index contributed by atoms with van der Waals surface area (Å²) in [6, 6.07) is 8.74. The number of benzene rings is 1. The average Bonchev–Trinajstić information content (AvgIpc) is 2.79. The van der Waals surface area contributed by atoms with Crippen molar-refractivity contribution in [2.45, 2.75) is 6.42 Å². The minimum atomic E-state index is -0.211. The number of phenols is 1. The molecule has 6 heteroatoms. The Morgan fingerprint density at radius 2 is 2.30 bits per heavy atom. The van der Waals surface area contributed by atoms with Gasteiger partial charge in [0.1, 0.15) is 5.75 Å². The van der Waals surface area contributed by atoms with Crippen LogP contribution < -0.4 is 5.43 Å². The lowest BCUT2D eigenvalue weighted by Gasteiger charge is -2.02. The Morgan fingerprint density at radius 3 is 3.00 bits per heavy atom. The van der Waals surface area contributed by atoms with E-state index in [4.69, 9.17) is 0 Å². The van der Waals surface area contributed by atoms with Crippen LogP contribution >= 0.6 is 15.9 Å². The summed E-state index contributed by atoms with van der Waals surface area (Å²) in [5.74, 6) is -0.105. The largest absolute Gasteiger partial charge is 0.507 e. The Balaban J connectivity index is 1.94. The summed E-state index contributed by atoms with van der Waals surface area (Å²) in [6.07, 6.45) is 3.54. The molecule has 2 aromatic rings. The summed E-state index contributed by atoms with van der Waals surface area (Å²) in [7, 11) is 1.88. The second-order valence-electron chi connectivity index (χ2n) is 4.28. The van der Waals surface area contributed by atoms with Crippen molar-refractivity contribution in [1.82, 2.24) is 9.99 Å². The number of aryl methyl sites for hydroxylation is 1. The van der Waals surface area contributed by atoms with Gasteiger partial charge in [0.25, 0.3) is 0 Å². The first-order chi connectivity index (χ1) is 9.56. The summed E-state index contributed by atoms with van der Waals surface area (Å²) < 4.78 is 2.70. The van der Waals surface area contributed by atoms with Gasteiger partial charge in [0, 0.05) is 29.0 Å². The summed E-state index contributed by atoms with van der Waals surface area (Å²) in [5.41, 5.74) is 3.87. The quantitative estimate of drug-likeness (QED) is 0.664. The molecule has 1 aromatic heterocycles. The van der Waals surface area contributed by atoms with Gasteiger partial charge in [-0.15, -0.1) is 0 Å². The maximum atomic E-state index is 11.7. The number of nitrogens with zero attached hydrogens (tertiary/aromatic N) is 2. The van der Waals surface area contributed by atoms with Gasteiger partial charge in [0.15, 0.2) is 0 Å². The Morgan fingerprint density at radius 1 is 1.50 bits per heavy atom. The van der Waals surface area contributed by atoms with Crippen molar-refractivity contribution in [3.8, 4) is 5.75 Å². The lowest BCUT2D eigenvalue weighted by molar-refractivity contribution is -0.120. The predicted octanol–water partition coefficient (Wildman–Crippen LogP) is 2.19. The molecule has 2 N–H and O–H groups in total. The molecule has 104 valence electrons. The second kappa shape index (κ2) is 6.38. The van der Waals surface area contributed by atoms with E-state index in [1.54, 1.807) is 18.2 Å². The van der Waals surface area contributed by atoms with Crippen molar-refractivity contribution in [3.05, 3.63) is 52.3 Å². The third-order valence-electron chi connectivity index (χ3n) is 2.78. The summed E-state index contributed by atoms with van der Waals surface area (Å²) in [6.45, 7) is 0. The fraction of sp³-hybridized carbons (Fsp3) is 0.143. The monoisotopic (exact) mass is 335 g/mol. The van der Waals surface area contributed by atoms with Gasteiger partial charge >= 0.3 is 0 Å². The number of halogens is 1. The lowest BCUT2D eigenvalue weighted by atomic mass is 10.2. The number of aromatic hydroxyl groups is 1. The molecule has 1 aromatic carbocycles. The SMILES string of the molecule is Cn1cccc1CC(=O)N/N=C\c1cc(Br)ccc1O. The zero-order chi connectivity index (χ0) is 14.5. The molecule has 1 amide bonds. The molecule has 20 heavy (non-hydrogen) atoms. The van der Waals surface area contributed by atoms with Gasteiger partial charge in [-0.2, -0.15) is 5.10 Å². The highest BCUT2D eigenvalue weighted by molar-refractivity contribution is 9.10. The van der Waals surface area contributed by atoms with Gasteiger partial charge in [-0.25, -0.2) is 5.43 Å². The topological polar surface area (TPSA) is 66.6 Å². The van der Waals surface area contributed by atoms with E-state index in [1.165, 1.54) is 6.21 Å². The molecule has 0 saturated heterocycles. The molecule has 0 saturated carbocycles. The van der Waals surface area contributed by atoms with Crippen LogP contribution in [0.3, 0.4) is 0 Å². The number of amides is 1. The molecule has 0 aliphatic rings. The van der Waals surface area contributed by atoms with E-state index in [0.717, 1.165) is 10.2 Å². The van der Waals surface area contributed by atoms with Gasteiger partial charge in [0.05, 0.1) is 12.6 Å². The Hall–Kier alpha value is -2.08. The highest BCUT2D eigenvalue weighted by Crippen LogP contribution is 2.19. The third kappa shape index (κ3) is 3.71. The molecule has 0 fully saturated rings. The number of aromatic nitrogens is 1. The van der Waals surface area contributed by atoms with Gasteiger partial charge in [0.2, 0.25) is 5.91 Å². The highest BCUT2D eigenvalue weighted by atomic mass is 79.9. The number of hydrogen-bond donors (Lipinski definition) is 2. The van der Waals surface area contributed by atoms with E-state index in [9.17, 15) is 9.90 Å². The maximum absolute atomic E-state index is 11.7. The van der Waals surface area contributed by atoms with Crippen molar-refractivity contribution >= 4 is 28.1 Å². The third-order valence-corrected chi connectivity index (χ3v) is 3.27. The van der Waals surface area contributed by atoms with E-state index < -0.39 is 0 Å². The number of nitrogens with one attached hydrogen (secondary N) is 1. The molecule has 0 spiro atoms. The lowest BCUT2D eigenvalue weighted by Crippen LogP contribution is -2.20. The first-order valence-electron chi connectivity index (χ1n) is 5.97. The fourth-order valence-corrected chi connectivity index (χ4v) is 2.07. The molecule has 0 bridgehead atoms. The van der Waals surface area contributed by atoms with Gasteiger partial charge < -0.3 is 9.67 Å². The number of rotatable bonds is 4. The molecular weight excluding hydrogens is 322 g/mol. The normalized spacial score (nSPS) is 10.9. The van der Waals surface area contributed by atoms with Crippen molar-refractivity contribution in [3.63, 3.8) is 0 Å². The zero-order valence-corrected chi connectivity index (χ0v) is 12.5. The average molecular weight is 336 g/mol. The molecule has 0 radical (unpaired) electrons. The highest BCUT2D eigenvalue weighted by Gasteiger charge is 2.04. The van der Waals surface area contributed by atoms with Crippen LogP contribution in [-0.2, 0) is 18.3 Å². The van der Waals surface area contributed by atoms with Crippen LogP contribution in [0.25, 0.3) is 0 Å². The molecule has 2 rings (SSSR count). The van der Waals surface area contributed by atoms with Crippen LogP contribution in [0.2, 0.25) is 0 Å². The Bertz CT molecular complexity index is 650.